The van der Waals surface area contributed by atoms with Crippen LogP contribution in [0.3, 0.4) is 0 Å². The molecule has 6 aromatic carbocycles. The van der Waals surface area contributed by atoms with Gasteiger partial charge in [-0.05, 0) is 108 Å². The molecule has 2 N–H and O–H groups in total. The van der Waals surface area contributed by atoms with Gasteiger partial charge in [-0.25, -0.2) is 34.5 Å². The monoisotopic (exact) mass is 836 g/mol. The van der Waals surface area contributed by atoms with Crippen LogP contribution in [-0.2, 0) is 43.7 Å². The van der Waals surface area contributed by atoms with Gasteiger partial charge in [0.05, 0.1) is 35.3 Å². The van der Waals surface area contributed by atoms with E-state index in [1.165, 1.54) is 42.5 Å². The molecule has 298 valence electrons. The fourth-order valence-corrected chi connectivity index (χ4v) is 9.92. The largest absolute Gasteiger partial charge is 0.311 e. The van der Waals surface area contributed by atoms with Crippen LogP contribution < -0.4 is 10.0 Å². The third kappa shape index (κ3) is 10.6. The minimum atomic E-state index is -3.92. The Morgan fingerprint density at radius 3 is 1.26 bits per heavy atom. The van der Waals surface area contributed by atoms with Gasteiger partial charge >= 0.3 is 0 Å². The summed E-state index contributed by atoms with van der Waals surface area (Å²) in [4.78, 5) is 0.501. The highest BCUT2D eigenvalue weighted by atomic mass is 32.2. The van der Waals surface area contributed by atoms with Gasteiger partial charge in [-0.3, -0.25) is 0 Å². The second kappa shape index (κ2) is 18.5. The Labute approximate surface area is 341 Å². The summed E-state index contributed by atoms with van der Waals surface area (Å²) >= 11 is 0. The lowest BCUT2D eigenvalue weighted by molar-refractivity contribution is 0.552. The summed E-state index contributed by atoms with van der Waals surface area (Å²) < 4.78 is 97.2. The van der Waals surface area contributed by atoms with E-state index < -0.39 is 35.4 Å². The Balaban J connectivity index is 1.06. The quantitative estimate of drug-likeness (QED) is 0.0942. The maximum Gasteiger partial charge on any atom is 0.206 e. The molecule has 1 atom stereocenters. The first-order chi connectivity index (χ1) is 27.7. The van der Waals surface area contributed by atoms with E-state index in [4.69, 9.17) is 0 Å². The van der Waals surface area contributed by atoms with Crippen molar-refractivity contribution in [2.75, 3.05) is 6.54 Å². The van der Waals surface area contributed by atoms with Crippen molar-refractivity contribution in [3.63, 3.8) is 0 Å². The molecule has 0 aliphatic carbocycles. The van der Waals surface area contributed by atoms with Crippen molar-refractivity contribution >= 4 is 55.0 Å². The molecule has 0 bridgehead atoms. The van der Waals surface area contributed by atoms with E-state index in [1.807, 2.05) is 24.3 Å². The van der Waals surface area contributed by atoms with Crippen LogP contribution in [0.1, 0.15) is 47.2 Å². The summed E-state index contributed by atoms with van der Waals surface area (Å²) in [5.74, 6) is -0.645. The van der Waals surface area contributed by atoms with Gasteiger partial charge in [0, 0.05) is 19.6 Å². The second-order valence-corrected chi connectivity index (χ2v) is 19.9. The first kappa shape index (κ1) is 42.2. The molecular formula is C46H42F2N2O5S3. The van der Waals surface area contributed by atoms with Crippen LogP contribution in [0.4, 0.5) is 8.78 Å². The molecule has 0 spiro atoms. The second-order valence-electron chi connectivity index (χ2n) is 14.1. The van der Waals surface area contributed by atoms with Gasteiger partial charge in [0.2, 0.25) is 19.7 Å². The molecule has 6 aromatic rings. The zero-order valence-corrected chi connectivity index (χ0v) is 34.3. The number of benzene rings is 6. The standard InChI is InChI=1S/C46H42F2N2O5S3/c1-46(2,33-49-31-38-7-3-5-9-44(38)57(52,53)42-27-19-36(20-28-42)13-11-34-15-23-40(47)24-16-34)56(51)50-32-39-8-4-6-10-45(39)58(54,55)43-29-21-37(22-30-43)14-12-35-17-25-41(48)26-18-35/h3-30,49-50H,31-33H2,1-2H3. The fraction of sp³-hybridized carbons (Fsp3) is 0.130. The molecule has 0 saturated heterocycles. The molecule has 0 heterocycles. The van der Waals surface area contributed by atoms with Crippen molar-refractivity contribution in [2.24, 2.45) is 0 Å². The Kier molecular flexibility index (Phi) is 13.5. The van der Waals surface area contributed by atoms with Crippen molar-refractivity contribution in [3.05, 3.63) is 191 Å². The predicted octanol–water partition coefficient (Wildman–Crippen LogP) is 9.29. The van der Waals surface area contributed by atoms with Gasteiger partial charge in [-0.15, -0.1) is 0 Å². The molecule has 0 aliphatic rings. The minimum Gasteiger partial charge on any atom is -0.311 e. The first-order valence-corrected chi connectivity index (χ1v) is 22.4. The summed E-state index contributed by atoms with van der Waals surface area (Å²) in [6.07, 6.45) is 7.26. The maximum absolute atomic E-state index is 13.8. The smallest absolute Gasteiger partial charge is 0.206 e. The van der Waals surface area contributed by atoms with Crippen LogP contribution in [-0.4, -0.2) is 32.3 Å². The number of halogens is 2. The lowest BCUT2D eigenvalue weighted by Gasteiger charge is -2.25. The number of nitrogens with one attached hydrogen (secondary N) is 2. The molecule has 7 nitrogen and oxygen atoms in total. The zero-order chi connectivity index (χ0) is 41.3. The molecule has 0 amide bonds. The zero-order valence-electron chi connectivity index (χ0n) is 31.8. The molecule has 0 aromatic heterocycles. The molecule has 0 fully saturated rings. The van der Waals surface area contributed by atoms with Crippen molar-refractivity contribution in [1.82, 2.24) is 10.0 Å². The van der Waals surface area contributed by atoms with Crippen molar-refractivity contribution in [3.8, 4) is 0 Å². The molecule has 58 heavy (non-hydrogen) atoms. The highest BCUT2D eigenvalue weighted by molar-refractivity contribution is 7.92. The van der Waals surface area contributed by atoms with E-state index in [0.29, 0.717) is 11.1 Å². The van der Waals surface area contributed by atoms with Gasteiger partial charge in [0.1, 0.15) is 11.6 Å². The molecular weight excluding hydrogens is 795 g/mol. The number of hydrogen-bond donors (Lipinski definition) is 2. The first-order valence-electron chi connectivity index (χ1n) is 18.3. The van der Waals surface area contributed by atoms with Crippen molar-refractivity contribution in [2.45, 2.75) is 51.3 Å². The Hall–Kier alpha value is -5.37. The lowest BCUT2D eigenvalue weighted by Crippen LogP contribution is -2.44. The third-order valence-electron chi connectivity index (χ3n) is 9.34. The van der Waals surface area contributed by atoms with Crippen LogP contribution in [0.25, 0.3) is 24.3 Å². The van der Waals surface area contributed by atoms with Crippen LogP contribution in [0.15, 0.2) is 165 Å². The maximum atomic E-state index is 13.8. The van der Waals surface area contributed by atoms with Crippen LogP contribution in [0.2, 0.25) is 0 Å². The van der Waals surface area contributed by atoms with E-state index >= 15 is 0 Å². The third-order valence-corrected chi connectivity index (χ3v) is 14.6. The van der Waals surface area contributed by atoms with E-state index in [-0.39, 0.29) is 50.9 Å². The molecule has 6 rings (SSSR count). The summed E-state index contributed by atoms with van der Waals surface area (Å²) in [6.45, 7) is 4.05. The van der Waals surface area contributed by atoms with Crippen LogP contribution in [0, 0.1) is 11.6 Å². The van der Waals surface area contributed by atoms with Crippen molar-refractivity contribution in [1.29, 1.82) is 0 Å². The molecule has 12 heteroatoms. The highest BCUT2D eigenvalue weighted by Gasteiger charge is 2.28. The van der Waals surface area contributed by atoms with E-state index in [9.17, 15) is 29.8 Å². The SMILES string of the molecule is CC(C)(CNCc1ccccc1S(=O)(=O)c1ccc(C=Cc2ccc(F)cc2)cc1)S(=O)NCc1ccccc1S(=O)(=O)c1ccc(C=Cc2ccc(F)cc2)cc1. The van der Waals surface area contributed by atoms with E-state index in [1.54, 1.807) is 117 Å². The summed E-state index contributed by atoms with van der Waals surface area (Å²) in [7, 11) is -9.43. The van der Waals surface area contributed by atoms with Gasteiger partial charge in [0.25, 0.3) is 0 Å². The summed E-state index contributed by atoms with van der Waals surface area (Å²) in [6, 6.07) is 38.4. The molecule has 1 unspecified atom stereocenters. The summed E-state index contributed by atoms with van der Waals surface area (Å²) in [5, 5.41) is 3.27. The molecule has 0 aliphatic heterocycles. The van der Waals surface area contributed by atoms with Crippen LogP contribution >= 0.6 is 0 Å². The van der Waals surface area contributed by atoms with E-state index in [2.05, 4.69) is 10.0 Å². The normalized spacial score (nSPS) is 13.0. The van der Waals surface area contributed by atoms with E-state index in [0.717, 1.165) is 22.3 Å². The predicted molar refractivity (Wildman–Crippen MR) is 228 cm³/mol. The summed E-state index contributed by atoms with van der Waals surface area (Å²) in [5.41, 5.74) is 4.18. The Morgan fingerprint density at radius 1 is 0.517 bits per heavy atom. The van der Waals surface area contributed by atoms with Gasteiger partial charge in [-0.2, -0.15) is 0 Å². The van der Waals surface area contributed by atoms with Gasteiger partial charge in [0.15, 0.2) is 0 Å². The average molecular weight is 837 g/mol. The number of rotatable bonds is 16. The topological polar surface area (TPSA) is 109 Å². The number of sulfone groups is 2. The molecule has 0 radical (unpaired) electrons. The van der Waals surface area contributed by atoms with Gasteiger partial charge < -0.3 is 5.32 Å². The Bertz CT molecular complexity index is 2660. The Morgan fingerprint density at radius 2 is 0.862 bits per heavy atom. The highest BCUT2D eigenvalue weighted by Crippen LogP contribution is 2.27. The lowest BCUT2D eigenvalue weighted by atomic mass is 10.1. The fourth-order valence-electron chi connectivity index (χ4n) is 6.03. The average Bonchev–Trinajstić information content (AvgIpc) is 3.23. The number of hydrogen-bond acceptors (Lipinski definition) is 6. The molecule has 0 saturated carbocycles. The minimum absolute atomic E-state index is 0.0197. The van der Waals surface area contributed by atoms with Gasteiger partial charge in [-0.1, -0.05) is 109 Å². The van der Waals surface area contributed by atoms with Crippen LogP contribution in [0.5, 0.6) is 0 Å². The van der Waals surface area contributed by atoms with Crippen molar-refractivity contribution < 1.29 is 29.8 Å².